The lowest BCUT2D eigenvalue weighted by molar-refractivity contribution is 0.914. The average Bonchev–Trinajstić information content (AvgIpc) is 2.34. The fraction of sp³-hybridized carbons (Fsp3) is 0.250. The van der Waals surface area contributed by atoms with Crippen molar-refractivity contribution >= 4 is 11.4 Å². The van der Waals surface area contributed by atoms with Gasteiger partial charge in [0.25, 0.3) is 0 Å². The van der Waals surface area contributed by atoms with Gasteiger partial charge in [-0.3, -0.25) is 0 Å². The first-order valence-electron chi connectivity index (χ1n) is 6.30. The molecule has 94 valence electrons. The van der Waals surface area contributed by atoms with E-state index in [1.165, 1.54) is 16.8 Å². The molecule has 2 aromatic rings. The Hall–Kier alpha value is -1.96. The monoisotopic (exact) mass is 240 g/mol. The quantitative estimate of drug-likeness (QED) is 0.784. The summed E-state index contributed by atoms with van der Waals surface area (Å²) in [6, 6.07) is 16.7. The number of benzene rings is 2. The molecule has 0 saturated carbocycles. The maximum atomic E-state index is 3.47. The smallest absolute Gasteiger partial charge is 0.0934 e. The highest BCUT2D eigenvalue weighted by atomic mass is 15.1. The van der Waals surface area contributed by atoms with Gasteiger partial charge in [-0.1, -0.05) is 35.9 Å². The van der Waals surface area contributed by atoms with E-state index in [-0.39, 0.29) is 6.17 Å². The molecule has 18 heavy (non-hydrogen) atoms. The number of aryl methyl sites for hydroxylation is 2. The predicted octanol–water partition coefficient (Wildman–Crippen LogP) is 4.17. The molecule has 0 aliphatic rings. The molecule has 2 aromatic carbocycles. The van der Waals surface area contributed by atoms with Crippen LogP contribution in [0.3, 0.4) is 0 Å². The molecule has 0 fully saturated rings. The number of para-hydroxylation sites is 1. The van der Waals surface area contributed by atoms with Crippen molar-refractivity contribution in [1.29, 1.82) is 0 Å². The number of hydrogen-bond acceptors (Lipinski definition) is 2. The zero-order valence-corrected chi connectivity index (χ0v) is 11.2. The van der Waals surface area contributed by atoms with E-state index in [9.17, 15) is 0 Å². The first-order valence-corrected chi connectivity index (χ1v) is 6.30. The Bertz CT molecular complexity index is 506. The minimum absolute atomic E-state index is 0.189. The van der Waals surface area contributed by atoms with Crippen molar-refractivity contribution in [1.82, 2.24) is 0 Å². The fourth-order valence-electron chi connectivity index (χ4n) is 2.03. The molecule has 2 rings (SSSR count). The van der Waals surface area contributed by atoms with Crippen LogP contribution in [0.4, 0.5) is 11.4 Å². The van der Waals surface area contributed by atoms with E-state index < -0.39 is 0 Å². The Labute approximate surface area is 109 Å². The molecule has 1 unspecified atom stereocenters. The van der Waals surface area contributed by atoms with Gasteiger partial charge in [-0.25, -0.2) is 0 Å². The molecule has 0 aliphatic heterocycles. The van der Waals surface area contributed by atoms with Crippen LogP contribution in [-0.4, -0.2) is 6.17 Å². The van der Waals surface area contributed by atoms with Gasteiger partial charge in [-0.05, 0) is 44.5 Å². The molecule has 2 N–H and O–H groups in total. The highest BCUT2D eigenvalue weighted by Crippen LogP contribution is 2.17. The van der Waals surface area contributed by atoms with Crippen LogP contribution in [-0.2, 0) is 0 Å². The number of rotatable bonds is 4. The van der Waals surface area contributed by atoms with Gasteiger partial charge in [-0.15, -0.1) is 0 Å². The first-order chi connectivity index (χ1) is 8.65. The van der Waals surface area contributed by atoms with Crippen molar-refractivity contribution in [3.05, 3.63) is 59.7 Å². The minimum Gasteiger partial charge on any atom is -0.366 e. The minimum atomic E-state index is 0.189. The lowest BCUT2D eigenvalue weighted by atomic mass is 10.1. The van der Waals surface area contributed by atoms with Crippen molar-refractivity contribution in [3.8, 4) is 0 Å². The second-order valence-electron chi connectivity index (χ2n) is 4.69. The molecule has 0 saturated heterocycles. The third-order valence-electron chi connectivity index (χ3n) is 2.91. The Balaban J connectivity index is 2.01. The SMILES string of the molecule is Cc1ccc(NC(C)Nc2ccccc2)c(C)c1. The second kappa shape index (κ2) is 5.58. The Kier molecular flexibility index (Phi) is 3.88. The third-order valence-corrected chi connectivity index (χ3v) is 2.91. The topological polar surface area (TPSA) is 24.1 Å². The van der Waals surface area contributed by atoms with Crippen LogP contribution < -0.4 is 10.6 Å². The molecule has 2 heteroatoms. The van der Waals surface area contributed by atoms with Gasteiger partial charge < -0.3 is 10.6 Å². The highest BCUT2D eigenvalue weighted by Gasteiger charge is 2.03. The van der Waals surface area contributed by atoms with Crippen LogP contribution >= 0.6 is 0 Å². The van der Waals surface area contributed by atoms with Crippen LogP contribution in [0.5, 0.6) is 0 Å². The summed E-state index contributed by atoms with van der Waals surface area (Å²) in [5.41, 5.74) is 4.87. The lowest BCUT2D eigenvalue weighted by Crippen LogP contribution is -2.25. The van der Waals surface area contributed by atoms with E-state index in [1.807, 2.05) is 18.2 Å². The largest absolute Gasteiger partial charge is 0.366 e. The summed E-state index contributed by atoms with van der Waals surface area (Å²) >= 11 is 0. The van der Waals surface area contributed by atoms with Crippen molar-refractivity contribution < 1.29 is 0 Å². The summed E-state index contributed by atoms with van der Waals surface area (Å²) in [5.74, 6) is 0. The molecular weight excluding hydrogens is 220 g/mol. The van der Waals surface area contributed by atoms with E-state index in [0.29, 0.717) is 0 Å². The van der Waals surface area contributed by atoms with Gasteiger partial charge in [0.2, 0.25) is 0 Å². The van der Waals surface area contributed by atoms with E-state index in [1.54, 1.807) is 0 Å². The molecular formula is C16H20N2. The van der Waals surface area contributed by atoms with E-state index in [4.69, 9.17) is 0 Å². The Morgan fingerprint density at radius 3 is 2.28 bits per heavy atom. The van der Waals surface area contributed by atoms with E-state index in [0.717, 1.165) is 5.69 Å². The maximum Gasteiger partial charge on any atom is 0.0934 e. The molecule has 0 amide bonds. The van der Waals surface area contributed by atoms with Crippen LogP contribution in [0, 0.1) is 13.8 Å². The Morgan fingerprint density at radius 1 is 0.889 bits per heavy atom. The van der Waals surface area contributed by atoms with Gasteiger partial charge in [0.15, 0.2) is 0 Å². The summed E-state index contributed by atoms with van der Waals surface area (Å²) in [6.07, 6.45) is 0.189. The number of nitrogens with one attached hydrogen (secondary N) is 2. The molecule has 0 bridgehead atoms. The highest BCUT2D eigenvalue weighted by molar-refractivity contribution is 5.54. The predicted molar refractivity (Wildman–Crippen MR) is 79.1 cm³/mol. The summed E-state index contributed by atoms with van der Waals surface area (Å²) in [7, 11) is 0. The van der Waals surface area contributed by atoms with Crippen LogP contribution in [0.1, 0.15) is 18.1 Å². The number of hydrogen-bond donors (Lipinski definition) is 2. The molecule has 0 heterocycles. The zero-order valence-electron chi connectivity index (χ0n) is 11.2. The van der Waals surface area contributed by atoms with Gasteiger partial charge in [-0.2, -0.15) is 0 Å². The van der Waals surface area contributed by atoms with Crippen molar-refractivity contribution in [2.75, 3.05) is 10.6 Å². The third kappa shape index (κ3) is 3.27. The molecule has 1 atom stereocenters. The van der Waals surface area contributed by atoms with Gasteiger partial charge in [0, 0.05) is 11.4 Å². The maximum absolute atomic E-state index is 3.47. The molecule has 0 radical (unpaired) electrons. The second-order valence-corrected chi connectivity index (χ2v) is 4.69. The Morgan fingerprint density at radius 2 is 1.61 bits per heavy atom. The van der Waals surface area contributed by atoms with Gasteiger partial charge in [0.05, 0.1) is 6.17 Å². The van der Waals surface area contributed by atoms with Crippen LogP contribution in [0.15, 0.2) is 48.5 Å². The van der Waals surface area contributed by atoms with E-state index >= 15 is 0 Å². The molecule has 0 spiro atoms. The average molecular weight is 240 g/mol. The summed E-state index contributed by atoms with van der Waals surface area (Å²) in [4.78, 5) is 0. The van der Waals surface area contributed by atoms with E-state index in [2.05, 4.69) is 61.7 Å². The number of anilines is 2. The van der Waals surface area contributed by atoms with Gasteiger partial charge >= 0.3 is 0 Å². The fourth-order valence-corrected chi connectivity index (χ4v) is 2.03. The first kappa shape index (κ1) is 12.5. The van der Waals surface area contributed by atoms with Crippen LogP contribution in [0.25, 0.3) is 0 Å². The van der Waals surface area contributed by atoms with Crippen molar-refractivity contribution in [3.63, 3.8) is 0 Å². The standard InChI is InChI=1S/C16H20N2/c1-12-9-10-16(13(2)11-12)18-14(3)17-15-7-5-4-6-8-15/h4-11,14,17-18H,1-3H3. The van der Waals surface area contributed by atoms with Crippen LogP contribution in [0.2, 0.25) is 0 Å². The normalized spacial score (nSPS) is 11.9. The molecule has 2 nitrogen and oxygen atoms in total. The molecule has 0 aliphatic carbocycles. The summed E-state index contributed by atoms with van der Waals surface area (Å²) in [6.45, 7) is 6.36. The summed E-state index contributed by atoms with van der Waals surface area (Å²) in [5, 5.41) is 6.90. The van der Waals surface area contributed by atoms with Crippen molar-refractivity contribution in [2.45, 2.75) is 26.9 Å². The van der Waals surface area contributed by atoms with Crippen molar-refractivity contribution in [2.24, 2.45) is 0 Å². The van der Waals surface area contributed by atoms with Gasteiger partial charge in [0.1, 0.15) is 0 Å². The lowest BCUT2D eigenvalue weighted by Gasteiger charge is -2.19. The summed E-state index contributed by atoms with van der Waals surface area (Å²) < 4.78 is 0. The zero-order chi connectivity index (χ0) is 13.0. The molecule has 0 aromatic heterocycles.